The van der Waals surface area contributed by atoms with Crippen molar-refractivity contribution in [1.82, 2.24) is 5.32 Å². The van der Waals surface area contributed by atoms with Crippen LogP contribution >= 0.6 is 7.82 Å². The number of phosphoric acid groups is 1. The standard InChI is InChI=1S/C77H143N2O7P/c1-7-10-13-16-19-22-25-27-29-31-33-35-37-38-39-40-42-43-45-47-49-51-54-57-60-63-66-69-76(80)78-74(73-85-87(82,83)84-72-71-79(4,5)6)75(68-65-62-59-56-53-24-21-18-15-12-9-3)86-77(81)70-67-64-61-58-55-52-50-48-46-44-41-36-34-32-30-28-26-23-20-17-14-11-8-2/h19,22,27-30,33,35,38-39,65,68,74-75H,7-18,20-21,23-26,31-32,34,36-37,40-64,66-67,69-73H2,1-6H3,(H-,78,80,82,83)/p+1/b22-19-,29-27-,30-28+,35-33-,39-38-,68-65-. The number of nitrogens with one attached hydrogen (secondary N) is 1. The van der Waals surface area contributed by atoms with Crippen molar-refractivity contribution in [2.24, 2.45) is 0 Å². The molecule has 3 atom stereocenters. The van der Waals surface area contributed by atoms with Gasteiger partial charge >= 0.3 is 13.8 Å². The molecule has 0 aromatic rings. The van der Waals surface area contributed by atoms with Crippen LogP contribution in [0.2, 0.25) is 0 Å². The molecule has 0 rings (SSSR count). The number of esters is 1. The molecule has 0 aliphatic rings. The third kappa shape index (κ3) is 67.7. The van der Waals surface area contributed by atoms with Crippen LogP contribution in [0.4, 0.5) is 0 Å². The zero-order valence-corrected chi connectivity index (χ0v) is 59.2. The average molecular weight is 1240 g/mol. The zero-order valence-electron chi connectivity index (χ0n) is 58.3. The normalized spacial score (nSPS) is 13.9. The van der Waals surface area contributed by atoms with E-state index in [1.165, 1.54) is 244 Å². The Morgan fingerprint density at radius 2 is 0.701 bits per heavy atom. The van der Waals surface area contributed by atoms with Crippen LogP contribution < -0.4 is 5.32 Å². The fraction of sp³-hybridized carbons (Fsp3) is 0.818. The highest BCUT2D eigenvalue weighted by Crippen LogP contribution is 2.43. The van der Waals surface area contributed by atoms with Crippen LogP contribution in [-0.2, 0) is 27.9 Å². The van der Waals surface area contributed by atoms with E-state index in [2.05, 4.69) is 86.8 Å². The van der Waals surface area contributed by atoms with E-state index in [0.29, 0.717) is 23.9 Å². The molecule has 0 aromatic carbocycles. The van der Waals surface area contributed by atoms with Gasteiger partial charge in [0.15, 0.2) is 0 Å². The summed E-state index contributed by atoms with van der Waals surface area (Å²) in [7, 11) is 1.50. The molecule has 0 heterocycles. The van der Waals surface area contributed by atoms with Crippen molar-refractivity contribution in [3.05, 3.63) is 72.9 Å². The molecule has 0 aliphatic heterocycles. The number of hydrogen-bond donors (Lipinski definition) is 2. The third-order valence-corrected chi connectivity index (χ3v) is 17.6. The number of quaternary nitrogens is 1. The minimum absolute atomic E-state index is 0.0389. The number of rotatable bonds is 68. The molecule has 0 aliphatic carbocycles. The van der Waals surface area contributed by atoms with Crippen LogP contribution in [0.15, 0.2) is 72.9 Å². The summed E-state index contributed by atoms with van der Waals surface area (Å²) in [4.78, 5) is 37.9. The molecule has 0 saturated heterocycles. The van der Waals surface area contributed by atoms with Crippen LogP contribution in [0.3, 0.4) is 0 Å². The molecule has 0 spiro atoms. The average Bonchev–Trinajstić information content (AvgIpc) is 3.70. The molecule has 0 saturated carbocycles. The number of carbonyl (C=O) groups excluding carboxylic acids is 2. The monoisotopic (exact) mass is 1240 g/mol. The van der Waals surface area contributed by atoms with Gasteiger partial charge in [0.1, 0.15) is 19.3 Å². The van der Waals surface area contributed by atoms with Crippen molar-refractivity contribution < 1.29 is 37.3 Å². The second-order valence-corrected chi connectivity index (χ2v) is 27.9. The summed E-state index contributed by atoms with van der Waals surface area (Å²) in [5.74, 6) is -0.497. The molecule has 3 unspecified atom stereocenters. The summed E-state index contributed by atoms with van der Waals surface area (Å²) < 4.78 is 30.9. The number of phosphoric ester groups is 1. The number of likely N-dealkylation sites (N-methyl/N-ethyl adjacent to an activating group) is 1. The van der Waals surface area contributed by atoms with Crippen LogP contribution in [0.5, 0.6) is 0 Å². The van der Waals surface area contributed by atoms with Gasteiger partial charge in [-0.15, -0.1) is 0 Å². The van der Waals surface area contributed by atoms with E-state index in [-0.39, 0.29) is 25.1 Å². The Morgan fingerprint density at radius 1 is 0.402 bits per heavy atom. The maximum atomic E-state index is 13.6. The summed E-state index contributed by atoms with van der Waals surface area (Å²) in [6.45, 7) is 7.01. The lowest BCUT2D eigenvalue weighted by Crippen LogP contribution is -2.47. The van der Waals surface area contributed by atoms with E-state index in [4.69, 9.17) is 13.8 Å². The van der Waals surface area contributed by atoms with Gasteiger partial charge in [-0.1, -0.05) is 312 Å². The maximum Gasteiger partial charge on any atom is 0.472 e. The van der Waals surface area contributed by atoms with E-state index in [1.54, 1.807) is 0 Å². The highest BCUT2D eigenvalue weighted by atomic mass is 31.2. The number of nitrogens with zero attached hydrogens (tertiary/aromatic N) is 1. The first-order chi connectivity index (χ1) is 42.4. The Morgan fingerprint density at radius 3 is 1.08 bits per heavy atom. The third-order valence-electron chi connectivity index (χ3n) is 16.6. The second kappa shape index (κ2) is 66.4. The Balaban J connectivity index is 4.96. The summed E-state index contributed by atoms with van der Waals surface area (Å²) in [6.07, 6.45) is 87.8. The number of hydrogen-bond acceptors (Lipinski definition) is 6. The van der Waals surface area contributed by atoms with E-state index >= 15 is 0 Å². The van der Waals surface area contributed by atoms with Gasteiger partial charge < -0.3 is 19.4 Å². The first-order valence-corrected chi connectivity index (χ1v) is 38.8. The van der Waals surface area contributed by atoms with Crippen molar-refractivity contribution in [1.29, 1.82) is 0 Å². The van der Waals surface area contributed by atoms with E-state index in [1.807, 2.05) is 33.3 Å². The van der Waals surface area contributed by atoms with Crippen molar-refractivity contribution in [3.63, 3.8) is 0 Å². The number of ether oxygens (including phenoxy) is 1. The van der Waals surface area contributed by atoms with E-state index in [9.17, 15) is 19.0 Å². The van der Waals surface area contributed by atoms with Crippen LogP contribution in [0.25, 0.3) is 0 Å². The van der Waals surface area contributed by atoms with Crippen molar-refractivity contribution in [3.8, 4) is 0 Å². The largest absolute Gasteiger partial charge is 0.472 e. The summed E-state index contributed by atoms with van der Waals surface area (Å²) in [6, 6.07) is -0.852. The second-order valence-electron chi connectivity index (χ2n) is 26.5. The fourth-order valence-corrected chi connectivity index (χ4v) is 11.6. The van der Waals surface area contributed by atoms with Crippen LogP contribution in [-0.4, -0.2) is 74.3 Å². The predicted molar refractivity (Wildman–Crippen MR) is 378 cm³/mol. The molecule has 9 nitrogen and oxygen atoms in total. The molecule has 508 valence electrons. The fourth-order valence-electron chi connectivity index (χ4n) is 10.9. The minimum atomic E-state index is -4.46. The van der Waals surface area contributed by atoms with Gasteiger partial charge in [-0.05, 0) is 102 Å². The number of allylic oxidation sites excluding steroid dienone is 11. The van der Waals surface area contributed by atoms with Gasteiger partial charge in [-0.2, -0.15) is 0 Å². The zero-order chi connectivity index (χ0) is 63.5. The van der Waals surface area contributed by atoms with E-state index < -0.39 is 20.0 Å². The molecular weight excluding hydrogens is 1100 g/mol. The lowest BCUT2D eigenvalue weighted by Gasteiger charge is -2.27. The molecule has 0 aromatic heterocycles. The van der Waals surface area contributed by atoms with Gasteiger partial charge in [0.2, 0.25) is 5.91 Å². The molecule has 10 heteroatoms. The molecule has 0 fully saturated rings. The highest BCUT2D eigenvalue weighted by molar-refractivity contribution is 7.47. The van der Waals surface area contributed by atoms with Crippen molar-refractivity contribution in [2.75, 3.05) is 40.9 Å². The Hall–Kier alpha value is -2.55. The van der Waals surface area contributed by atoms with Gasteiger partial charge in [0.05, 0.1) is 33.8 Å². The molecule has 87 heavy (non-hydrogen) atoms. The predicted octanol–water partition coefficient (Wildman–Crippen LogP) is 23.9. The first kappa shape index (κ1) is 84.5. The smallest absolute Gasteiger partial charge is 0.456 e. The minimum Gasteiger partial charge on any atom is -0.456 e. The van der Waals surface area contributed by atoms with Gasteiger partial charge in [0.25, 0.3) is 0 Å². The van der Waals surface area contributed by atoms with Gasteiger partial charge in [-0.25, -0.2) is 4.57 Å². The number of amides is 1. The Labute approximate surface area is 540 Å². The van der Waals surface area contributed by atoms with Gasteiger partial charge in [0, 0.05) is 12.8 Å². The lowest BCUT2D eigenvalue weighted by molar-refractivity contribution is -0.870. The summed E-state index contributed by atoms with van der Waals surface area (Å²) >= 11 is 0. The summed E-state index contributed by atoms with van der Waals surface area (Å²) in [5.41, 5.74) is 0. The first-order valence-electron chi connectivity index (χ1n) is 37.3. The lowest BCUT2D eigenvalue weighted by atomic mass is 10.0. The Kier molecular flexibility index (Phi) is 64.4. The topological polar surface area (TPSA) is 111 Å². The van der Waals surface area contributed by atoms with Crippen LogP contribution in [0, 0.1) is 0 Å². The molecule has 0 bridgehead atoms. The van der Waals surface area contributed by atoms with E-state index in [0.717, 1.165) is 77.0 Å². The highest BCUT2D eigenvalue weighted by Gasteiger charge is 2.30. The van der Waals surface area contributed by atoms with Crippen LogP contribution in [0.1, 0.15) is 355 Å². The summed E-state index contributed by atoms with van der Waals surface area (Å²) in [5, 5.41) is 3.07. The van der Waals surface area contributed by atoms with Gasteiger partial charge in [-0.3, -0.25) is 18.6 Å². The quantitative estimate of drug-likeness (QED) is 0.0205. The van der Waals surface area contributed by atoms with Crippen molar-refractivity contribution >= 4 is 19.7 Å². The molecular formula is C77H144N2O7P+. The molecule has 0 radical (unpaired) electrons. The maximum absolute atomic E-state index is 13.6. The molecule has 2 N–H and O–H groups in total. The molecule has 1 amide bonds. The Bertz CT molecular complexity index is 1720. The number of carbonyl (C=O) groups is 2. The number of unbranched alkanes of at least 4 members (excludes halogenated alkanes) is 42. The van der Waals surface area contributed by atoms with Crippen molar-refractivity contribution in [2.45, 2.75) is 367 Å². The SMILES string of the molecule is CCCCC/C=C\C/C=C\C/C=C\C/C=C\CCCCCCCCCCCCCC(=O)NC(COP(=O)(O)OCC[N+](C)(C)C)C(/C=C\CCCCCCCCCCC)OC(=O)CCCCCCCCCCCCCCC/C=C/CCCCCCCC.